The Balaban J connectivity index is 2.17. The maximum Gasteiger partial charge on any atom is 0.124 e. The maximum absolute atomic E-state index is 9.64. The molecule has 0 amide bonds. The van der Waals surface area contributed by atoms with Crippen LogP contribution in [-0.2, 0) is 0 Å². The number of hydrogen-bond acceptors (Lipinski definition) is 2. The first-order chi connectivity index (χ1) is 8.66. The fourth-order valence-corrected chi connectivity index (χ4v) is 2.06. The van der Waals surface area contributed by atoms with Crippen LogP contribution in [-0.4, -0.2) is 11.3 Å². The molecule has 0 aliphatic carbocycles. The molecule has 3 heteroatoms. The lowest BCUT2D eigenvalue weighted by Gasteiger charge is -2.07. The number of phenolic OH excluding ortho intramolecular Hbond substituents is 1. The molecule has 0 saturated heterocycles. The molecular formula is C15H14BrNO. The number of nitrogens with zero attached hydrogens (tertiary/aromatic N) is 1. The van der Waals surface area contributed by atoms with Crippen molar-refractivity contribution >= 4 is 22.1 Å². The zero-order valence-corrected chi connectivity index (χ0v) is 11.6. The van der Waals surface area contributed by atoms with E-state index in [0.717, 1.165) is 15.6 Å². The molecule has 0 spiro atoms. The smallest absolute Gasteiger partial charge is 0.124 e. The van der Waals surface area contributed by atoms with Gasteiger partial charge in [-0.3, -0.25) is 4.99 Å². The number of rotatable bonds is 3. The van der Waals surface area contributed by atoms with E-state index in [1.807, 2.05) is 43.3 Å². The van der Waals surface area contributed by atoms with Gasteiger partial charge in [0.1, 0.15) is 5.75 Å². The summed E-state index contributed by atoms with van der Waals surface area (Å²) >= 11 is 3.45. The van der Waals surface area contributed by atoms with Gasteiger partial charge in [-0.2, -0.15) is 0 Å². The molecule has 1 atom stereocenters. The molecule has 92 valence electrons. The number of phenols is 1. The van der Waals surface area contributed by atoms with E-state index in [0.29, 0.717) is 0 Å². The van der Waals surface area contributed by atoms with Crippen LogP contribution in [0.2, 0.25) is 0 Å². The molecule has 18 heavy (non-hydrogen) atoms. The average Bonchev–Trinajstić information content (AvgIpc) is 2.37. The summed E-state index contributed by atoms with van der Waals surface area (Å²) in [5.41, 5.74) is 1.87. The number of aliphatic imine (C=N–C) groups is 1. The zero-order valence-electron chi connectivity index (χ0n) is 10.0. The molecule has 0 unspecified atom stereocenters. The van der Waals surface area contributed by atoms with E-state index in [4.69, 9.17) is 0 Å². The molecule has 0 aliphatic rings. The number of aromatic hydroxyl groups is 1. The summed E-state index contributed by atoms with van der Waals surface area (Å²) in [6.07, 6.45) is 1.71. The van der Waals surface area contributed by atoms with Crippen LogP contribution in [0.3, 0.4) is 0 Å². The topological polar surface area (TPSA) is 32.6 Å². The second kappa shape index (κ2) is 5.83. The quantitative estimate of drug-likeness (QED) is 0.841. The molecular weight excluding hydrogens is 290 g/mol. The van der Waals surface area contributed by atoms with Crippen molar-refractivity contribution in [2.45, 2.75) is 13.0 Å². The van der Waals surface area contributed by atoms with Crippen LogP contribution in [0.15, 0.2) is 58.0 Å². The summed E-state index contributed by atoms with van der Waals surface area (Å²) in [6, 6.07) is 15.3. The fraction of sp³-hybridized carbons (Fsp3) is 0.133. The van der Waals surface area contributed by atoms with E-state index in [9.17, 15) is 5.11 Å². The Kier molecular flexibility index (Phi) is 4.15. The van der Waals surface area contributed by atoms with Crippen molar-refractivity contribution < 1.29 is 5.11 Å². The molecule has 2 aromatic rings. The van der Waals surface area contributed by atoms with Crippen molar-refractivity contribution in [2.24, 2.45) is 4.99 Å². The van der Waals surface area contributed by atoms with E-state index in [1.165, 1.54) is 0 Å². The SMILES string of the molecule is C[C@@H](N=Cc1ccccc1O)c1cccc(Br)c1. The van der Waals surface area contributed by atoms with Crippen LogP contribution >= 0.6 is 15.9 Å². The molecule has 0 radical (unpaired) electrons. The van der Waals surface area contributed by atoms with Crippen molar-refractivity contribution in [1.82, 2.24) is 0 Å². The molecule has 0 bridgehead atoms. The normalized spacial score (nSPS) is 12.8. The minimum Gasteiger partial charge on any atom is -0.507 e. The van der Waals surface area contributed by atoms with Crippen molar-refractivity contribution in [3.05, 3.63) is 64.1 Å². The predicted octanol–water partition coefficient (Wildman–Crippen LogP) is 4.33. The lowest BCUT2D eigenvalue weighted by Crippen LogP contribution is -1.91. The molecule has 0 aromatic heterocycles. The Labute approximate surface area is 115 Å². The summed E-state index contributed by atoms with van der Waals surface area (Å²) in [4.78, 5) is 4.46. The first-order valence-corrected chi connectivity index (χ1v) is 6.53. The Morgan fingerprint density at radius 1 is 1.17 bits per heavy atom. The van der Waals surface area contributed by atoms with Gasteiger partial charge in [0.15, 0.2) is 0 Å². The third-order valence-corrected chi connectivity index (χ3v) is 3.20. The van der Waals surface area contributed by atoms with Gasteiger partial charge in [-0.1, -0.05) is 40.2 Å². The summed E-state index contributed by atoms with van der Waals surface area (Å²) in [5, 5.41) is 9.64. The standard InChI is InChI=1S/C15H14BrNO/c1-11(12-6-4-7-14(16)9-12)17-10-13-5-2-3-8-15(13)18/h2-11,18H,1H3/t11-/m1/s1. The summed E-state index contributed by atoms with van der Waals surface area (Å²) < 4.78 is 1.05. The summed E-state index contributed by atoms with van der Waals surface area (Å²) in [6.45, 7) is 2.03. The van der Waals surface area contributed by atoms with E-state index in [2.05, 4.69) is 20.9 Å². The van der Waals surface area contributed by atoms with Crippen LogP contribution < -0.4 is 0 Å². The van der Waals surface area contributed by atoms with E-state index >= 15 is 0 Å². The van der Waals surface area contributed by atoms with Gasteiger partial charge in [0.25, 0.3) is 0 Å². The summed E-state index contributed by atoms with van der Waals surface area (Å²) in [5.74, 6) is 0.252. The number of benzene rings is 2. The number of para-hydroxylation sites is 1. The van der Waals surface area contributed by atoms with Crippen LogP contribution in [0.25, 0.3) is 0 Å². The minimum absolute atomic E-state index is 0.0575. The van der Waals surface area contributed by atoms with Gasteiger partial charge < -0.3 is 5.11 Å². The van der Waals surface area contributed by atoms with Gasteiger partial charge in [0.05, 0.1) is 6.04 Å². The van der Waals surface area contributed by atoms with Gasteiger partial charge in [-0.25, -0.2) is 0 Å². The Bertz CT molecular complexity index is 566. The lowest BCUT2D eigenvalue weighted by atomic mass is 10.1. The molecule has 2 aromatic carbocycles. The van der Waals surface area contributed by atoms with E-state index < -0.39 is 0 Å². The van der Waals surface area contributed by atoms with Gasteiger partial charge in [-0.15, -0.1) is 0 Å². The van der Waals surface area contributed by atoms with Gasteiger partial charge in [0.2, 0.25) is 0 Å². The third kappa shape index (κ3) is 3.20. The fourth-order valence-electron chi connectivity index (χ4n) is 1.64. The van der Waals surface area contributed by atoms with Crippen LogP contribution in [0.1, 0.15) is 24.1 Å². The van der Waals surface area contributed by atoms with Crippen LogP contribution in [0.4, 0.5) is 0 Å². The second-order valence-corrected chi connectivity index (χ2v) is 4.98. The maximum atomic E-state index is 9.64. The monoisotopic (exact) mass is 303 g/mol. The van der Waals surface area contributed by atoms with Gasteiger partial charge >= 0.3 is 0 Å². The highest BCUT2D eigenvalue weighted by Crippen LogP contribution is 2.21. The highest BCUT2D eigenvalue weighted by atomic mass is 79.9. The molecule has 0 aliphatic heterocycles. The molecule has 1 N–H and O–H groups in total. The molecule has 0 fully saturated rings. The molecule has 2 nitrogen and oxygen atoms in total. The largest absolute Gasteiger partial charge is 0.507 e. The van der Waals surface area contributed by atoms with Crippen molar-refractivity contribution in [3.8, 4) is 5.75 Å². The number of halogens is 1. The highest BCUT2D eigenvalue weighted by Gasteiger charge is 2.03. The zero-order chi connectivity index (χ0) is 13.0. The van der Waals surface area contributed by atoms with Gasteiger partial charge in [-0.05, 0) is 36.8 Å². The minimum atomic E-state index is 0.0575. The average molecular weight is 304 g/mol. The second-order valence-electron chi connectivity index (χ2n) is 4.07. The Morgan fingerprint density at radius 2 is 1.94 bits per heavy atom. The molecule has 2 rings (SSSR count). The molecule has 0 saturated carbocycles. The Hall–Kier alpha value is -1.61. The van der Waals surface area contributed by atoms with Crippen molar-refractivity contribution in [3.63, 3.8) is 0 Å². The first-order valence-electron chi connectivity index (χ1n) is 5.73. The Morgan fingerprint density at radius 3 is 2.67 bits per heavy atom. The van der Waals surface area contributed by atoms with Crippen LogP contribution in [0.5, 0.6) is 5.75 Å². The predicted molar refractivity (Wildman–Crippen MR) is 78.3 cm³/mol. The lowest BCUT2D eigenvalue weighted by molar-refractivity contribution is 0.474. The molecule has 0 heterocycles. The van der Waals surface area contributed by atoms with Crippen LogP contribution in [0, 0.1) is 0 Å². The number of hydrogen-bond donors (Lipinski definition) is 1. The first kappa shape index (κ1) is 12.8. The third-order valence-electron chi connectivity index (χ3n) is 2.71. The van der Waals surface area contributed by atoms with Gasteiger partial charge in [0, 0.05) is 16.3 Å². The van der Waals surface area contributed by atoms with E-state index in [-0.39, 0.29) is 11.8 Å². The van der Waals surface area contributed by atoms with Crippen molar-refractivity contribution in [1.29, 1.82) is 0 Å². The van der Waals surface area contributed by atoms with E-state index in [1.54, 1.807) is 18.3 Å². The highest BCUT2D eigenvalue weighted by molar-refractivity contribution is 9.10. The van der Waals surface area contributed by atoms with Crippen molar-refractivity contribution in [2.75, 3.05) is 0 Å². The summed E-state index contributed by atoms with van der Waals surface area (Å²) in [7, 11) is 0.